The van der Waals surface area contributed by atoms with Gasteiger partial charge in [0.1, 0.15) is 17.4 Å². The van der Waals surface area contributed by atoms with Crippen molar-refractivity contribution < 1.29 is 4.39 Å². The molecule has 3 rings (SSSR count). The molecule has 0 amide bonds. The van der Waals surface area contributed by atoms with Crippen LogP contribution in [0.15, 0.2) is 42.7 Å². The number of hydrogen-bond acceptors (Lipinski definition) is 3. The van der Waals surface area contributed by atoms with E-state index in [0.717, 1.165) is 24.9 Å². The Morgan fingerprint density at radius 3 is 2.80 bits per heavy atom. The van der Waals surface area contributed by atoms with Crippen LogP contribution in [-0.4, -0.2) is 11.5 Å². The molecule has 1 fully saturated rings. The molecular weight excluding hydrogens is 253 g/mol. The average Bonchev–Trinajstić information content (AvgIpc) is 2.97. The van der Waals surface area contributed by atoms with Crippen LogP contribution in [0.3, 0.4) is 0 Å². The minimum Gasteiger partial charge on any atom is -0.363 e. The van der Waals surface area contributed by atoms with E-state index >= 15 is 0 Å². The topological polar surface area (TPSA) is 39.9 Å². The highest BCUT2D eigenvalue weighted by atomic mass is 19.1. The summed E-state index contributed by atoms with van der Waals surface area (Å²) in [6, 6.07) is 10.9. The Labute approximate surface area is 117 Å². The molecule has 0 aliphatic carbocycles. The Balaban J connectivity index is 2.02. The van der Waals surface area contributed by atoms with Gasteiger partial charge in [0, 0.05) is 18.9 Å². The predicted octanol–water partition coefficient (Wildman–Crippen LogP) is 3.43. The first-order valence-corrected chi connectivity index (χ1v) is 6.66. The van der Waals surface area contributed by atoms with Gasteiger partial charge in [-0.3, -0.25) is 4.98 Å². The van der Waals surface area contributed by atoms with Crippen molar-refractivity contribution in [1.29, 1.82) is 5.26 Å². The summed E-state index contributed by atoms with van der Waals surface area (Å²) >= 11 is 0. The molecule has 1 aromatic heterocycles. The Morgan fingerprint density at radius 2 is 2.05 bits per heavy atom. The third-order valence-corrected chi connectivity index (χ3v) is 3.76. The molecule has 0 saturated carbocycles. The highest BCUT2D eigenvalue weighted by Gasteiger charge is 2.28. The standard InChI is InChI=1S/C16H14FN3/c17-14-3-1-4-16(13(14)11-18)20-10-2-5-15(20)12-6-8-19-9-7-12/h1,3-4,6-9,15H,2,5,10H2. The van der Waals surface area contributed by atoms with E-state index < -0.39 is 5.82 Å². The SMILES string of the molecule is N#Cc1c(F)cccc1N1CCCC1c1ccncc1. The Bertz CT molecular complexity index is 649. The van der Waals surface area contributed by atoms with Gasteiger partial charge in [-0.15, -0.1) is 0 Å². The molecule has 20 heavy (non-hydrogen) atoms. The number of pyridine rings is 1. The third kappa shape index (κ3) is 2.12. The van der Waals surface area contributed by atoms with Crippen LogP contribution >= 0.6 is 0 Å². The number of nitriles is 1. The molecule has 2 aromatic rings. The number of hydrogen-bond donors (Lipinski definition) is 0. The number of anilines is 1. The van der Waals surface area contributed by atoms with Crippen LogP contribution in [-0.2, 0) is 0 Å². The van der Waals surface area contributed by atoms with Gasteiger partial charge in [0.2, 0.25) is 0 Å². The van der Waals surface area contributed by atoms with E-state index in [-0.39, 0.29) is 11.6 Å². The lowest BCUT2D eigenvalue weighted by atomic mass is 10.0. The van der Waals surface area contributed by atoms with Gasteiger partial charge in [0.15, 0.2) is 0 Å². The van der Waals surface area contributed by atoms with E-state index in [1.54, 1.807) is 18.5 Å². The Kier molecular flexibility index (Phi) is 3.34. The number of aromatic nitrogens is 1. The van der Waals surface area contributed by atoms with E-state index in [0.29, 0.717) is 5.69 Å². The van der Waals surface area contributed by atoms with Crippen molar-refractivity contribution in [2.45, 2.75) is 18.9 Å². The van der Waals surface area contributed by atoms with Crippen molar-refractivity contribution in [1.82, 2.24) is 4.98 Å². The van der Waals surface area contributed by atoms with Gasteiger partial charge in [-0.1, -0.05) is 6.07 Å². The normalized spacial score (nSPS) is 18.0. The zero-order valence-electron chi connectivity index (χ0n) is 11.0. The summed E-state index contributed by atoms with van der Waals surface area (Å²) < 4.78 is 13.8. The zero-order chi connectivity index (χ0) is 13.9. The summed E-state index contributed by atoms with van der Waals surface area (Å²) in [5, 5.41) is 9.19. The minimum atomic E-state index is -0.453. The summed E-state index contributed by atoms with van der Waals surface area (Å²) in [6.45, 7) is 0.838. The van der Waals surface area contributed by atoms with Crippen molar-refractivity contribution in [3.8, 4) is 6.07 Å². The highest BCUT2D eigenvalue weighted by molar-refractivity contribution is 5.61. The molecule has 1 aliphatic rings. The molecule has 1 atom stereocenters. The lowest BCUT2D eigenvalue weighted by Crippen LogP contribution is -2.23. The Hall–Kier alpha value is -2.41. The number of benzene rings is 1. The first-order chi connectivity index (χ1) is 9.81. The molecule has 0 N–H and O–H groups in total. The van der Waals surface area contributed by atoms with Gasteiger partial charge in [-0.05, 0) is 42.7 Å². The maximum atomic E-state index is 13.8. The maximum Gasteiger partial charge on any atom is 0.143 e. The smallest absolute Gasteiger partial charge is 0.143 e. The van der Waals surface area contributed by atoms with E-state index in [1.165, 1.54) is 6.07 Å². The molecule has 4 heteroatoms. The van der Waals surface area contributed by atoms with Gasteiger partial charge in [-0.2, -0.15) is 5.26 Å². The molecular formula is C16H14FN3. The summed E-state index contributed by atoms with van der Waals surface area (Å²) in [7, 11) is 0. The lowest BCUT2D eigenvalue weighted by Gasteiger charge is -2.28. The van der Waals surface area contributed by atoms with Crippen LogP contribution in [0.5, 0.6) is 0 Å². The van der Waals surface area contributed by atoms with Gasteiger partial charge in [-0.25, -0.2) is 4.39 Å². The van der Waals surface area contributed by atoms with Gasteiger partial charge in [0.25, 0.3) is 0 Å². The molecule has 2 heterocycles. The summed E-state index contributed by atoms with van der Waals surface area (Å²) in [5.74, 6) is -0.453. The second-order valence-electron chi connectivity index (χ2n) is 4.88. The van der Waals surface area contributed by atoms with E-state index in [2.05, 4.69) is 9.88 Å². The zero-order valence-corrected chi connectivity index (χ0v) is 11.0. The second kappa shape index (κ2) is 5.30. The van der Waals surface area contributed by atoms with E-state index in [1.807, 2.05) is 24.3 Å². The largest absolute Gasteiger partial charge is 0.363 e. The van der Waals surface area contributed by atoms with E-state index in [4.69, 9.17) is 0 Å². The first kappa shape index (κ1) is 12.6. The van der Waals surface area contributed by atoms with Crippen molar-refractivity contribution in [2.24, 2.45) is 0 Å². The molecule has 100 valence electrons. The van der Waals surface area contributed by atoms with Gasteiger partial charge < -0.3 is 4.90 Å². The van der Waals surface area contributed by atoms with Crippen LogP contribution in [0.25, 0.3) is 0 Å². The highest BCUT2D eigenvalue weighted by Crippen LogP contribution is 2.37. The van der Waals surface area contributed by atoms with Crippen molar-refractivity contribution in [3.05, 3.63) is 59.7 Å². The number of nitrogens with zero attached hydrogens (tertiary/aromatic N) is 3. The molecule has 0 radical (unpaired) electrons. The fraction of sp³-hybridized carbons (Fsp3) is 0.250. The second-order valence-corrected chi connectivity index (χ2v) is 4.88. The summed E-state index contributed by atoms with van der Waals surface area (Å²) in [6.07, 6.45) is 5.57. The third-order valence-electron chi connectivity index (χ3n) is 3.76. The Morgan fingerprint density at radius 1 is 1.25 bits per heavy atom. The van der Waals surface area contributed by atoms with Crippen LogP contribution < -0.4 is 4.90 Å². The van der Waals surface area contributed by atoms with E-state index in [9.17, 15) is 9.65 Å². The van der Waals surface area contributed by atoms with Crippen LogP contribution in [0.2, 0.25) is 0 Å². The van der Waals surface area contributed by atoms with Crippen LogP contribution in [0, 0.1) is 17.1 Å². The fourth-order valence-corrected chi connectivity index (χ4v) is 2.85. The number of halogens is 1. The molecule has 1 aromatic carbocycles. The summed E-state index contributed by atoms with van der Waals surface area (Å²) in [5.41, 5.74) is 1.98. The van der Waals surface area contributed by atoms with Crippen molar-refractivity contribution in [2.75, 3.05) is 11.4 Å². The van der Waals surface area contributed by atoms with Gasteiger partial charge >= 0.3 is 0 Å². The average molecular weight is 267 g/mol. The van der Waals surface area contributed by atoms with Crippen LogP contribution in [0.1, 0.15) is 30.0 Å². The molecule has 1 aliphatic heterocycles. The monoisotopic (exact) mass is 267 g/mol. The number of rotatable bonds is 2. The quantitative estimate of drug-likeness (QED) is 0.836. The van der Waals surface area contributed by atoms with Crippen molar-refractivity contribution >= 4 is 5.69 Å². The fourth-order valence-electron chi connectivity index (χ4n) is 2.85. The molecule has 0 bridgehead atoms. The van der Waals surface area contributed by atoms with Crippen LogP contribution in [0.4, 0.5) is 10.1 Å². The minimum absolute atomic E-state index is 0.133. The lowest BCUT2D eigenvalue weighted by molar-refractivity contribution is 0.621. The summed E-state index contributed by atoms with van der Waals surface area (Å²) in [4.78, 5) is 6.15. The van der Waals surface area contributed by atoms with Crippen molar-refractivity contribution in [3.63, 3.8) is 0 Å². The maximum absolute atomic E-state index is 13.8. The molecule has 3 nitrogen and oxygen atoms in total. The molecule has 1 saturated heterocycles. The van der Waals surface area contributed by atoms with Gasteiger partial charge in [0.05, 0.1) is 11.7 Å². The molecule has 1 unspecified atom stereocenters. The first-order valence-electron chi connectivity index (χ1n) is 6.66. The molecule has 0 spiro atoms. The predicted molar refractivity (Wildman–Crippen MR) is 74.7 cm³/mol.